The molecule has 0 spiro atoms. The fraction of sp³-hybridized carbons (Fsp3) is 0.909. The van der Waals surface area contributed by atoms with E-state index in [1.807, 2.05) is 6.92 Å². The molecular weight excluding hydrogens is 360 g/mol. The van der Waals surface area contributed by atoms with E-state index in [1.54, 1.807) is 0 Å². The highest BCUT2D eigenvalue weighted by Crippen LogP contribution is 2.40. The average Bonchev–Trinajstić information content (AvgIpc) is 2.65. The average molecular weight is 399 g/mol. The molecule has 162 valence electrons. The molecule has 6 nitrogen and oxygen atoms in total. The number of rotatable bonds is 6. The van der Waals surface area contributed by atoms with Gasteiger partial charge in [-0.05, 0) is 30.8 Å². The van der Waals surface area contributed by atoms with Crippen LogP contribution in [0.25, 0.3) is 0 Å². The summed E-state index contributed by atoms with van der Waals surface area (Å²) < 4.78 is 18.5. The minimum absolute atomic E-state index is 0.0300. The number of fused-ring (bicyclic) bond motifs is 1. The Bertz CT molecular complexity index is 525. The molecule has 10 atom stereocenters. The van der Waals surface area contributed by atoms with Crippen LogP contribution in [0.15, 0.2) is 12.2 Å². The van der Waals surface area contributed by atoms with Gasteiger partial charge in [0.2, 0.25) is 0 Å². The molecule has 3 saturated heterocycles. The lowest BCUT2D eigenvalue weighted by atomic mass is 9.79. The number of hydrogen-bond acceptors (Lipinski definition) is 6. The third-order valence-corrected chi connectivity index (χ3v) is 6.88. The van der Waals surface area contributed by atoms with Crippen molar-refractivity contribution in [2.75, 3.05) is 6.61 Å². The van der Waals surface area contributed by atoms with Crippen molar-refractivity contribution in [2.24, 2.45) is 11.8 Å². The highest BCUT2D eigenvalue weighted by Gasteiger charge is 2.49. The monoisotopic (exact) mass is 398 g/mol. The summed E-state index contributed by atoms with van der Waals surface area (Å²) in [4.78, 5) is 0. The molecule has 0 aliphatic carbocycles. The maximum absolute atomic E-state index is 10.9. The second kappa shape index (κ2) is 9.54. The number of aliphatic hydroxyl groups is 3. The van der Waals surface area contributed by atoms with Crippen molar-refractivity contribution < 1.29 is 29.5 Å². The summed E-state index contributed by atoms with van der Waals surface area (Å²) in [5, 5.41) is 30.4. The van der Waals surface area contributed by atoms with Crippen LogP contribution in [0.4, 0.5) is 0 Å². The van der Waals surface area contributed by atoms with E-state index in [-0.39, 0.29) is 43.0 Å². The topological polar surface area (TPSA) is 88.4 Å². The molecule has 3 rings (SSSR count). The third kappa shape index (κ3) is 4.63. The Labute approximate surface area is 168 Å². The Kier molecular flexibility index (Phi) is 7.56. The largest absolute Gasteiger partial charge is 0.396 e. The summed E-state index contributed by atoms with van der Waals surface area (Å²) in [6.45, 7) is 10.6. The molecule has 0 radical (unpaired) electrons. The zero-order chi connectivity index (χ0) is 20.4. The van der Waals surface area contributed by atoms with Gasteiger partial charge >= 0.3 is 0 Å². The minimum Gasteiger partial charge on any atom is -0.396 e. The van der Waals surface area contributed by atoms with E-state index in [4.69, 9.17) is 14.2 Å². The van der Waals surface area contributed by atoms with E-state index in [9.17, 15) is 15.3 Å². The molecule has 28 heavy (non-hydrogen) atoms. The maximum Gasteiger partial charge on any atom is 0.0894 e. The van der Waals surface area contributed by atoms with Crippen molar-refractivity contribution in [2.45, 2.75) is 108 Å². The zero-order valence-electron chi connectivity index (χ0n) is 17.5. The van der Waals surface area contributed by atoms with Crippen LogP contribution in [0.5, 0.6) is 0 Å². The SMILES string of the molecule is C=C1C(C)C[C@H](CCC)O[C@@H]1C[C@@H]1O[C@H]2C[C@@H](O)[C@@H](CCO)O[C@H]2C(C)[C@H]1O. The van der Waals surface area contributed by atoms with Crippen molar-refractivity contribution in [3.05, 3.63) is 12.2 Å². The molecule has 0 amide bonds. The van der Waals surface area contributed by atoms with Crippen LogP contribution in [0.1, 0.15) is 59.3 Å². The highest BCUT2D eigenvalue weighted by molar-refractivity contribution is 5.11. The van der Waals surface area contributed by atoms with Crippen LogP contribution in [0.2, 0.25) is 0 Å². The van der Waals surface area contributed by atoms with E-state index >= 15 is 0 Å². The van der Waals surface area contributed by atoms with Gasteiger partial charge in [0.25, 0.3) is 0 Å². The Balaban J connectivity index is 1.66. The first-order chi connectivity index (χ1) is 13.3. The predicted octanol–water partition coefficient (Wildman–Crippen LogP) is 2.19. The molecule has 0 aromatic carbocycles. The smallest absolute Gasteiger partial charge is 0.0894 e. The summed E-state index contributed by atoms with van der Waals surface area (Å²) in [6, 6.07) is 0. The maximum atomic E-state index is 10.9. The van der Waals surface area contributed by atoms with E-state index in [2.05, 4.69) is 20.4 Å². The fourth-order valence-electron chi connectivity index (χ4n) is 5.08. The van der Waals surface area contributed by atoms with Gasteiger partial charge in [-0.2, -0.15) is 0 Å². The van der Waals surface area contributed by atoms with Gasteiger partial charge in [-0.25, -0.2) is 0 Å². The molecule has 0 aromatic rings. The van der Waals surface area contributed by atoms with Gasteiger partial charge in [-0.3, -0.25) is 0 Å². The molecule has 0 saturated carbocycles. The van der Waals surface area contributed by atoms with E-state index in [0.717, 1.165) is 24.8 Å². The molecule has 6 heteroatoms. The molecular formula is C22H38O6. The Morgan fingerprint density at radius 1 is 1.04 bits per heavy atom. The summed E-state index contributed by atoms with van der Waals surface area (Å²) in [6.07, 6.45) is 2.07. The van der Waals surface area contributed by atoms with Crippen molar-refractivity contribution in [1.29, 1.82) is 0 Å². The Morgan fingerprint density at radius 2 is 1.79 bits per heavy atom. The number of ether oxygens (including phenoxy) is 3. The van der Waals surface area contributed by atoms with E-state index in [0.29, 0.717) is 25.2 Å². The molecule has 0 aromatic heterocycles. The van der Waals surface area contributed by atoms with Crippen molar-refractivity contribution >= 4 is 0 Å². The zero-order valence-corrected chi connectivity index (χ0v) is 17.5. The second-order valence-electron chi connectivity index (χ2n) is 9.00. The second-order valence-corrected chi connectivity index (χ2v) is 9.00. The summed E-state index contributed by atoms with van der Waals surface area (Å²) >= 11 is 0. The van der Waals surface area contributed by atoms with Crippen LogP contribution in [0, 0.1) is 11.8 Å². The molecule has 0 bridgehead atoms. The van der Waals surface area contributed by atoms with E-state index in [1.165, 1.54) is 0 Å². The summed E-state index contributed by atoms with van der Waals surface area (Å²) in [5.74, 6) is 0.290. The van der Waals surface area contributed by atoms with Gasteiger partial charge in [-0.1, -0.05) is 33.8 Å². The van der Waals surface area contributed by atoms with Gasteiger partial charge in [0.1, 0.15) is 0 Å². The number of aliphatic hydroxyl groups excluding tert-OH is 3. The summed E-state index contributed by atoms with van der Waals surface area (Å²) in [5.41, 5.74) is 1.08. The van der Waals surface area contributed by atoms with Crippen LogP contribution in [-0.2, 0) is 14.2 Å². The molecule has 3 fully saturated rings. The quantitative estimate of drug-likeness (QED) is 0.595. The first kappa shape index (κ1) is 22.2. The van der Waals surface area contributed by atoms with Gasteiger partial charge < -0.3 is 29.5 Å². The van der Waals surface area contributed by atoms with E-state index < -0.39 is 18.3 Å². The minimum atomic E-state index is -0.662. The van der Waals surface area contributed by atoms with Crippen molar-refractivity contribution in [3.8, 4) is 0 Å². The Hall–Kier alpha value is -0.500. The first-order valence-corrected chi connectivity index (χ1v) is 11.0. The lowest BCUT2D eigenvalue weighted by molar-refractivity contribution is -0.269. The van der Waals surface area contributed by atoms with Crippen LogP contribution in [0.3, 0.4) is 0 Å². The van der Waals surface area contributed by atoms with Crippen molar-refractivity contribution in [3.63, 3.8) is 0 Å². The highest BCUT2D eigenvalue weighted by atomic mass is 16.6. The molecule has 3 aliphatic heterocycles. The lowest BCUT2D eigenvalue weighted by Gasteiger charge is -2.50. The number of hydrogen-bond donors (Lipinski definition) is 3. The summed E-state index contributed by atoms with van der Waals surface area (Å²) in [7, 11) is 0. The van der Waals surface area contributed by atoms with Gasteiger partial charge in [0.05, 0.1) is 48.8 Å². The third-order valence-electron chi connectivity index (χ3n) is 6.88. The fourth-order valence-corrected chi connectivity index (χ4v) is 5.08. The van der Waals surface area contributed by atoms with Gasteiger partial charge in [-0.15, -0.1) is 0 Å². The Morgan fingerprint density at radius 3 is 2.46 bits per heavy atom. The normalized spacial score (nSPS) is 47.0. The van der Waals surface area contributed by atoms with Crippen LogP contribution >= 0.6 is 0 Å². The molecule has 2 unspecified atom stereocenters. The van der Waals surface area contributed by atoms with Crippen LogP contribution < -0.4 is 0 Å². The first-order valence-electron chi connectivity index (χ1n) is 11.0. The molecule has 3 N–H and O–H groups in total. The lowest BCUT2D eigenvalue weighted by Crippen LogP contribution is -2.60. The van der Waals surface area contributed by atoms with Gasteiger partial charge in [0.15, 0.2) is 0 Å². The molecule has 3 aliphatic rings. The van der Waals surface area contributed by atoms with Gasteiger partial charge in [0, 0.05) is 25.4 Å². The van der Waals surface area contributed by atoms with Crippen molar-refractivity contribution in [1.82, 2.24) is 0 Å². The predicted molar refractivity (Wildman–Crippen MR) is 106 cm³/mol. The standard InChI is InChI=1S/C22H38O6/c1-5-6-15-9-12(2)13(3)18(26-15)11-19-21(25)14(4)22-20(27-19)10-16(24)17(28-22)7-8-23/h12,14-25H,3,5-11H2,1-2,4H3/t12?,14?,15-,16+,17+,18+,19-,20-,21+,22-/m0/s1. The molecule has 3 heterocycles. The van der Waals surface area contributed by atoms with Crippen LogP contribution in [-0.4, -0.2) is 70.8 Å².